The molecule has 0 aliphatic carbocycles. The highest BCUT2D eigenvalue weighted by molar-refractivity contribution is 5.81. The van der Waals surface area contributed by atoms with Crippen LogP contribution >= 0.6 is 0 Å². The molecule has 1 unspecified atom stereocenters. The van der Waals surface area contributed by atoms with Gasteiger partial charge < -0.3 is 15.4 Å². The number of hydrogen-bond acceptors (Lipinski definition) is 4. The van der Waals surface area contributed by atoms with Gasteiger partial charge in [0.2, 0.25) is 0 Å². The summed E-state index contributed by atoms with van der Waals surface area (Å²) in [5.41, 5.74) is 5.96. The fraction of sp³-hybridized carbons (Fsp3) is 0.462. The number of halogens is 2. The van der Waals surface area contributed by atoms with E-state index >= 15 is 0 Å². The third-order valence-electron chi connectivity index (χ3n) is 3.42. The van der Waals surface area contributed by atoms with E-state index in [1.54, 1.807) is 18.2 Å². The Balaban J connectivity index is 2.41. The predicted octanol–water partition coefficient (Wildman–Crippen LogP) is 2.15. The summed E-state index contributed by atoms with van der Waals surface area (Å²) in [6, 6.07) is 6.77. The summed E-state index contributed by atoms with van der Waals surface area (Å²) in [4.78, 5) is 6.11. The quantitative estimate of drug-likeness (QED) is 0.911. The Morgan fingerprint density at radius 3 is 2.79 bits per heavy atom. The van der Waals surface area contributed by atoms with Crippen molar-refractivity contribution in [2.24, 2.45) is 10.7 Å². The standard InChI is InChI=1S/C13H17F2N3O/c1-3-18-12(16)17-8-13(18,2)9-6-4-5-7-10(9)19-11(14)15/h4-7,11H,3,8H2,1-2H3,(H2,16,17). The first-order valence-electron chi connectivity index (χ1n) is 6.11. The molecule has 2 rings (SSSR count). The number of benzene rings is 1. The van der Waals surface area contributed by atoms with Crippen molar-refractivity contribution >= 4 is 5.96 Å². The van der Waals surface area contributed by atoms with Gasteiger partial charge in [-0.2, -0.15) is 8.78 Å². The van der Waals surface area contributed by atoms with Crippen molar-refractivity contribution in [1.29, 1.82) is 0 Å². The van der Waals surface area contributed by atoms with E-state index in [0.717, 1.165) is 0 Å². The van der Waals surface area contributed by atoms with Crippen LogP contribution in [0.4, 0.5) is 8.78 Å². The smallest absolute Gasteiger partial charge is 0.387 e. The predicted molar refractivity (Wildman–Crippen MR) is 69.3 cm³/mol. The van der Waals surface area contributed by atoms with Crippen LogP contribution in [0.2, 0.25) is 0 Å². The van der Waals surface area contributed by atoms with Crippen LogP contribution in [0, 0.1) is 0 Å². The molecule has 0 spiro atoms. The molecular formula is C13H17F2N3O. The summed E-state index contributed by atoms with van der Waals surface area (Å²) < 4.78 is 29.6. The zero-order valence-corrected chi connectivity index (χ0v) is 10.9. The van der Waals surface area contributed by atoms with Crippen molar-refractivity contribution in [3.05, 3.63) is 29.8 Å². The lowest BCUT2D eigenvalue weighted by Gasteiger charge is -2.36. The highest BCUT2D eigenvalue weighted by Gasteiger charge is 2.40. The maximum absolute atomic E-state index is 12.5. The summed E-state index contributed by atoms with van der Waals surface area (Å²) in [6.45, 7) is 2.10. The fourth-order valence-corrected chi connectivity index (χ4v) is 2.51. The molecule has 1 aliphatic heterocycles. The second kappa shape index (κ2) is 5.03. The number of alkyl halides is 2. The van der Waals surface area contributed by atoms with Crippen molar-refractivity contribution in [2.75, 3.05) is 13.1 Å². The lowest BCUT2D eigenvalue weighted by atomic mass is 9.90. The SMILES string of the molecule is CCN1C(N)=NCC1(C)c1ccccc1OC(F)F. The fourth-order valence-electron chi connectivity index (χ4n) is 2.51. The van der Waals surface area contributed by atoms with Gasteiger partial charge in [0.25, 0.3) is 0 Å². The van der Waals surface area contributed by atoms with Gasteiger partial charge in [-0.05, 0) is 19.9 Å². The Labute approximate surface area is 110 Å². The summed E-state index contributed by atoms with van der Waals surface area (Å²) in [6.07, 6.45) is 0. The number of guanidine groups is 1. The number of nitrogens with zero attached hydrogens (tertiary/aromatic N) is 2. The minimum atomic E-state index is -2.85. The molecule has 0 radical (unpaired) electrons. The number of nitrogens with two attached hydrogens (primary N) is 1. The number of hydrogen-bond donors (Lipinski definition) is 1. The van der Waals surface area contributed by atoms with Gasteiger partial charge in [0.05, 0.1) is 12.1 Å². The first kappa shape index (κ1) is 13.6. The number of ether oxygens (including phenoxy) is 1. The Kier molecular flexibility index (Phi) is 3.59. The summed E-state index contributed by atoms with van der Waals surface area (Å²) in [5.74, 6) is 0.597. The first-order chi connectivity index (χ1) is 8.99. The average Bonchev–Trinajstić information content (AvgIpc) is 2.65. The molecule has 0 amide bonds. The Morgan fingerprint density at radius 2 is 2.16 bits per heavy atom. The van der Waals surface area contributed by atoms with Crippen molar-refractivity contribution < 1.29 is 13.5 Å². The van der Waals surface area contributed by atoms with Crippen LogP contribution in [0.5, 0.6) is 5.75 Å². The van der Waals surface area contributed by atoms with Gasteiger partial charge >= 0.3 is 6.61 Å². The van der Waals surface area contributed by atoms with Gasteiger partial charge in [0, 0.05) is 12.1 Å². The third kappa shape index (κ3) is 2.34. The Hall–Kier alpha value is -1.85. The molecule has 19 heavy (non-hydrogen) atoms. The second-order valence-corrected chi connectivity index (χ2v) is 4.57. The molecule has 6 heteroatoms. The summed E-state index contributed by atoms with van der Waals surface area (Å²) in [7, 11) is 0. The van der Waals surface area contributed by atoms with Gasteiger partial charge in [-0.25, -0.2) is 0 Å². The van der Waals surface area contributed by atoms with Gasteiger partial charge in [0.1, 0.15) is 5.75 Å². The molecule has 1 atom stereocenters. The molecule has 1 aromatic carbocycles. The molecule has 0 bridgehead atoms. The van der Waals surface area contributed by atoms with Crippen molar-refractivity contribution in [3.8, 4) is 5.75 Å². The molecule has 0 aromatic heterocycles. The number of aliphatic imine (C=N–C) groups is 1. The topological polar surface area (TPSA) is 50.8 Å². The van der Waals surface area contributed by atoms with E-state index in [9.17, 15) is 8.78 Å². The van der Waals surface area contributed by atoms with Crippen LogP contribution in [-0.4, -0.2) is 30.6 Å². The maximum atomic E-state index is 12.5. The largest absolute Gasteiger partial charge is 0.434 e. The number of likely N-dealkylation sites (N-methyl/N-ethyl adjacent to an activating group) is 1. The molecule has 104 valence electrons. The van der Waals surface area contributed by atoms with Crippen LogP contribution in [0.15, 0.2) is 29.3 Å². The van der Waals surface area contributed by atoms with E-state index in [1.807, 2.05) is 18.7 Å². The lowest BCUT2D eigenvalue weighted by Crippen LogP contribution is -2.47. The molecule has 0 saturated heterocycles. The highest BCUT2D eigenvalue weighted by atomic mass is 19.3. The average molecular weight is 269 g/mol. The Morgan fingerprint density at radius 1 is 1.47 bits per heavy atom. The van der Waals surface area contributed by atoms with E-state index in [1.165, 1.54) is 6.07 Å². The van der Waals surface area contributed by atoms with Crippen LogP contribution < -0.4 is 10.5 Å². The van der Waals surface area contributed by atoms with Gasteiger partial charge in [-0.1, -0.05) is 18.2 Å². The third-order valence-corrected chi connectivity index (χ3v) is 3.42. The monoisotopic (exact) mass is 269 g/mol. The van der Waals surface area contributed by atoms with Gasteiger partial charge in [-0.15, -0.1) is 0 Å². The maximum Gasteiger partial charge on any atom is 0.387 e. The van der Waals surface area contributed by atoms with Crippen LogP contribution in [0.3, 0.4) is 0 Å². The number of para-hydroxylation sites is 1. The minimum absolute atomic E-state index is 0.170. The number of rotatable bonds is 4. The zero-order valence-electron chi connectivity index (χ0n) is 10.9. The van der Waals surface area contributed by atoms with E-state index in [4.69, 9.17) is 5.73 Å². The molecule has 0 saturated carbocycles. The summed E-state index contributed by atoms with van der Waals surface area (Å²) in [5, 5.41) is 0. The van der Waals surface area contributed by atoms with E-state index < -0.39 is 12.2 Å². The normalized spacial score (nSPS) is 22.8. The molecule has 0 fully saturated rings. The van der Waals surface area contributed by atoms with Crippen molar-refractivity contribution in [3.63, 3.8) is 0 Å². The van der Waals surface area contributed by atoms with Crippen LogP contribution in [0.1, 0.15) is 19.4 Å². The van der Waals surface area contributed by atoms with E-state index in [0.29, 0.717) is 24.6 Å². The molecule has 1 heterocycles. The Bertz CT molecular complexity index is 493. The van der Waals surface area contributed by atoms with Gasteiger partial charge in [-0.3, -0.25) is 4.99 Å². The van der Waals surface area contributed by atoms with Crippen LogP contribution in [-0.2, 0) is 5.54 Å². The lowest BCUT2D eigenvalue weighted by molar-refractivity contribution is -0.0515. The molecule has 2 N–H and O–H groups in total. The summed E-state index contributed by atoms with van der Waals surface area (Å²) >= 11 is 0. The van der Waals surface area contributed by atoms with E-state index in [2.05, 4.69) is 9.73 Å². The van der Waals surface area contributed by atoms with Crippen molar-refractivity contribution in [1.82, 2.24) is 4.90 Å². The zero-order chi connectivity index (χ0) is 14.0. The highest BCUT2D eigenvalue weighted by Crippen LogP contribution is 2.38. The van der Waals surface area contributed by atoms with E-state index in [-0.39, 0.29) is 5.75 Å². The minimum Gasteiger partial charge on any atom is -0.434 e. The van der Waals surface area contributed by atoms with Crippen molar-refractivity contribution in [2.45, 2.75) is 26.0 Å². The molecule has 1 aliphatic rings. The molecule has 1 aromatic rings. The molecular weight excluding hydrogens is 252 g/mol. The van der Waals surface area contributed by atoms with Gasteiger partial charge in [0.15, 0.2) is 5.96 Å². The second-order valence-electron chi connectivity index (χ2n) is 4.57. The molecule has 4 nitrogen and oxygen atoms in total. The van der Waals surface area contributed by atoms with Crippen LogP contribution in [0.25, 0.3) is 0 Å². The first-order valence-corrected chi connectivity index (χ1v) is 6.11.